The summed E-state index contributed by atoms with van der Waals surface area (Å²) in [6, 6.07) is 16.6. The normalized spacial score (nSPS) is 22.1. The van der Waals surface area contributed by atoms with Gasteiger partial charge in [-0.25, -0.2) is 0 Å². The van der Waals surface area contributed by atoms with Gasteiger partial charge in [0, 0.05) is 38.4 Å². The van der Waals surface area contributed by atoms with E-state index in [-0.39, 0.29) is 54.7 Å². The van der Waals surface area contributed by atoms with Crippen molar-refractivity contribution in [3.63, 3.8) is 0 Å². The molecule has 198 valence electrons. The van der Waals surface area contributed by atoms with Crippen molar-refractivity contribution >= 4 is 66.3 Å². The van der Waals surface area contributed by atoms with Gasteiger partial charge in [-0.2, -0.15) is 0 Å². The van der Waals surface area contributed by atoms with E-state index in [1.165, 1.54) is 11.1 Å². The molecule has 5 nitrogen and oxygen atoms in total. The molecule has 1 heterocycles. The Balaban J connectivity index is 0.00000385. The Kier molecular flexibility index (Phi) is 14.5. The van der Waals surface area contributed by atoms with E-state index in [0.29, 0.717) is 23.1 Å². The molecule has 1 aliphatic rings. The van der Waals surface area contributed by atoms with Crippen LogP contribution in [0.15, 0.2) is 48.5 Å². The third-order valence-corrected chi connectivity index (χ3v) is 7.85. The van der Waals surface area contributed by atoms with Crippen molar-refractivity contribution in [2.75, 3.05) is 46.8 Å². The number of carbonyl (C=O) groups is 1. The fraction of sp³-hybridized carbons (Fsp3) is 0.480. The Morgan fingerprint density at radius 2 is 1.69 bits per heavy atom. The summed E-state index contributed by atoms with van der Waals surface area (Å²) in [4.78, 5) is 14.7. The number of halogens is 5. The summed E-state index contributed by atoms with van der Waals surface area (Å²) in [5.41, 5.74) is 7.95. The Hall–Kier alpha value is -0.760. The zero-order valence-electron chi connectivity index (χ0n) is 20.5. The van der Waals surface area contributed by atoms with Crippen LogP contribution in [0.25, 0.3) is 0 Å². The molecule has 10 heteroatoms. The minimum Gasteiger partial charge on any atom is -0.331 e. The molecule has 0 radical (unpaired) electrons. The zero-order valence-corrected chi connectivity index (χ0v) is 24.5. The molecule has 1 unspecified atom stereocenters. The van der Waals surface area contributed by atoms with E-state index >= 15 is 0 Å². The Labute approximate surface area is 238 Å². The summed E-state index contributed by atoms with van der Waals surface area (Å²) < 4.78 is 0.863. The first kappa shape index (κ1) is 34.2. The lowest BCUT2D eigenvalue weighted by Crippen LogP contribution is -2.62. The van der Waals surface area contributed by atoms with Crippen LogP contribution in [0.1, 0.15) is 36.9 Å². The van der Waals surface area contributed by atoms with Gasteiger partial charge in [-0.1, -0.05) is 59.6 Å². The molecule has 0 spiro atoms. The minimum atomic E-state index is -0.341. The summed E-state index contributed by atoms with van der Waals surface area (Å²) in [5.74, 6) is 0.0756. The molecule has 0 aliphatic carbocycles. The topological polar surface area (TPSA) is 58.4 Å². The van der Waals surface area contributed by atoms with Crippen LogP contribution in [-0.2, 0) is 10.3 Å². The number of piperidine rings is 1. The van der Waals surface area contributed by atoms with Crippen molar-refractivity contribution in [2.45, 2.75) is 31.3 Å². The maximum absolute atomic E-state index is 12.7. The summed E-state index contributed by atoms with van der Waals surface area (Å²) >= 11 is 12.5. The second-order valence-corrected chi connectivity index (χ2v) is 9.84. The van der Waals surface area contributed by atoms with Crippen LogP contribution >= 0.6 is 60.4 Å². The van der Waals surface area contributed by atoms with E-state index in [0.717, 1.165) is 37.0 Å². The minimum absolute atomic E-state index is 0. The molecule has 2 aromatic rings. The molecule has 0 saturated carbocycles. The van der Waals surface area contributed by atoms with Crippen molar-refractivity contribution in [3.05, 3.63) is 69.7 Å². The van der Waals surface area contributed by atoms with Crippen molar-refractivity contribution in [1.29, 1.82) is 0 Å². The molecule has 35 heavy (non-hydrogen) atoms. The molecule has 1 aliphatic heterocycles. The van der Waals surface area contributed by atoms with Gasteiger partial charge in [-0.05, 0) is 24.7 Å². The number of hydrogen-bond acceptors (Lipinski definition) is 3. The quantitative estimate of drug-likeness (QED) is 0.403. The first-order chi connectivity index (χ1) is 15.3. The number of benzene rings is 2. The van der Waals surface area contributed by atoms with Gasteiger partial charge in [0.25, 0.3) is 0 Å². The van der Waals surface area contributed by atoms with Gasteiger partial charge in [0.2, 0.25) is 5.91 Å². The van der Waals surface area contributed by atoms with Crippen molar-refractivity contribution < 1.29 is 9.28 Å². The molecule has 1 fully saturated rings. The largest absolute Gasteiger partial charge is 0.331 e. The van der Waals surface area contributed by atoms with Crippen LogP contribution in [0.4, 0.5) is 0 Å². The van der Waals surface area contributed by atoms with E-state index < -0.39 is 0 Å². The molecule has 0 bridgehead atoms. The Morgan fingerprint density at radius 3 is 2.17 bits per heavy atom. The first-order valence-corrected chi connectivity index (χ1v) is 12.0. The standard InChI is InChI=1S/C25H35Cl2N4O.3ClH/c1-19(32)30(14-13-28)25(21-7-5-4-6-8-21)11-15-31(3,16-12-25)24(18-29-2)20-9-10-22(26)23(27)17-20;;;/h4-10,17,24,29H,11-16,18,28H2,1-3H3;3*1H/q+1;;;. The fourth-order valence-electron chi connectivity index (χ4n) is 5.31. The van der Waals surface area contributed by atoms with Gasteiger partial charge in [-0.3, -0.25) is 4.79 Å². The predicted molar refractivity (Wildman–Crippen MR) is 155 cm³/mol. The van der Waals surface area contributed by atoms with Crippen LogP contribution in [-0.4, -0.2) is 62.1 Å². The van der Waals surface area contributed by atoms with Gasteiger partial charge < -0.3 is 20.4 Å². The Bertz CT molecular complexity index is 923. The number of amides is 1. The smallest absolute Gasteiger partial charge is 0.220 e. The summed E-state index contributed by atoms with van der Waals surface area (Å²) in [7, 11) is 4.29. The van der Waals surface area contributed by atoms with Gasteiger partial charge in [0.05, 0.1) is 42.3 Å². The van der Waals surface area contributed by atoms with Gasteiger partial charge >= 0.3 is 0 Å². The van der Waals surface area contributed by atoms with Gasteiger partial charge in [0.1, 0.15) is 6.04 Å². The summed E-state index contributed by atoms with van der Waals surface area (Å²) in [6.45, 7) is 5.34. The average molecular weight is 588 g/mol. The number of likely N-dealkylation sites (N-methyl/N-ethyl adjacent to an activating group) is 2. The van der Waals surface area contributed by atoms with E-state index in [1.54, 1.807) is 6.92 Å². The van der Waals surface area contributed by atoms with E-state index in [2.05, 4.69) is 42.7 Å². The van der Waals surface area contributed by atoms with E-state index in [1.807, 2.05) is 30.1 Å². The lowest BCUT2D eigenvalue weighted by Gasteiger charge is -2.53. The molecule has 1 amide bonds. The number of carbonyl (C=O) groups excluding carboxylic acids is 1. The molecule has 3 N–H and O–H groups in total. The first-order valence-electron chi connectivity index (χ1n) is 11.2. The van der Waals surface area contributed by atoms with Crippen molar-refractivity contribution in [2.24, 2.45) is 5.73 Å². The third-order valence-electron chi connectivity index (χ3n) is 7.11. The molecular weight excluding hydrogens is 550 g/mol. The molecule has 2 aromatic carbocycles. The van der Waals surface area contributed by atoms with Gasteiger partial charge in [-0.15, -0.1) is 37.2 Å². The number of nitrogens with two attached hydrogens (primary N) is 1. The highest BCUT2D eigenvalue weighted by atomic mass is 35.5. The number of likely N-dealkylation sites (tertiary alicyclic amines) is 1. The monoisotopic (exact) mass is 585 g/mol. The van der Waals surface area contributed by atoms with Crippen molar-refractivity contribution in [1.82, 2.24) is 10.2 Å². The number of hydrogen-bond donors (Lipinski definition) is 2. The number of nitrogens with one attached hydrogen (secondary N) is 1. The van der Waals surface area contributed by atoms with E-state index in [9.17, 15) is 4.79 Å². The average Bonchev–Trinajstić information content (AvgIpc) is 2.79. The predicted octanol–water partition coefficient (Wildman–Crippen LogP) is 5.46. The molecule has 0 aromatic heterocycles. The maximum Gasteiger partial charge on any atom is 0.220 e. The van der Waals surface area contributed by atoms with Crippen LogP contribution in [0.2, 0.25) is 10.0 Å². The number of rotatable bonds is 8. The van der Waals surface area contributed by atoms with Crippen LogP contribution in [0.5, 0.6) is 0 Å². The third kappa shape index (κ3) is 7.39. The van der Waals surface area contributed by atoms with E-state index in [4.69, 9.17) is 28.9 Å². The highest BCUT2D eigenvalue weighted by Gasteiger charge is 2.49. The van der Waals surface area contributed by atoms with Crippen molar-refractivity contribution in [3.8, 4) is 0 Å². The second kappa shape index (κ2) is 14.8. The lowest BCUT2D eigenvalue weighted by atomic mass is 9.77. The Morgan fingerprint density at radius 1 is 1.09 bits per heavy atom. The van der Waals surface area contributed by atoms with Crippen LogP contribution < -0.4 is 11.1 Å². The molecule has 1 saturated heterocycles. The number of quaternary nitrogens is 1. The van der Waals surface area contributed by atoms with Crippen LogP contribution in [0, 0.1) is 0 Å². The summed E-state index contributed by atoms with van der Waals surface area (Å²) in [5, 5.41) is 4.52. The van der Waals surface area contributed by atoms with Crippen LogP contribution in [0.3, 0.4) is 0 Å². The molecule has 3 rings (SSSR count). The fourth-order valence-corrected chi connectivity index (χ4v) is 5.61. The summed E-state index contributed by atoms with van der Waals surface area (Å²) in [6.07, 6.45) is 1.74. The highest BCUT2D eigenvalue weighted by molar-refractivity contribution is 6.42. The zero-order chi connectivity index (χ0) is 23.4. The lowest BCUT2D eigenvalue weighted by molar-refractivity contribution is -0.944. The SMILES string of the molecule is CNCC(c1ccc(Cl)c(Cl)c1)[N+]1(C)CCC(c2ccccc2)(N(CCN)C(C)=O)CC1.Cl.Cl.Cl. The highest BCUT2D eigenvalue weighted by Crippen LogP contribution is 2.44. The number of nitrogens with zero attached hydrogens (tertiary/aromatic N) is 2. The molecule has 1 atom stereocenters. The molecular formula is C25H38Cl5N4O+. The second-order valence-electron chi connectivity index (χ2n) is 9.03. The maximum atomic E-state index is 12.7. The van der Waals surface area contributed by atoms with Gasteiger partial charge in [0.15, 0.2) is 0 Å².